The number of nitrogens with one attached hydrogen (secondary N) is 1. The molecule has 2 heterocycles. The predicted octanol–water partition coefficient (Wildman–Crippen LogP) is 2.12. The monoisotopic (exact) mass is 421 g/mol. The summed E-state index contributed by atoms with van der Waals surface area (Å²) in [5, 5.41) is 15.6. The Balaban J connectivity index is 1.46. The van der Waals surface area contributed by atoms with Gasteiger partial charge in [-0.05, 0) is 23.8 Å². The SMILES string of the molecule is CN1C(=O)[C@H](NC(=O)c2cc(Cc3ccccc3)on2)COc2ccc(C(=O)O)cc21. The highest BCUT2D eigenvalue weighted by atomic mass is 16.5. The lowest BCUT2D eigenvalue weighted by atomic mass is 10.1. The van der Waals surface area contributed by atoms with E-state index in [2.05, 4.69) is 10.5 Å². The molecule has 0 saturated heterocycles. The van der Waals surface area contributed by atoms with Gasteiger partial charge in [0, 0.05) is 19.5 Å². The predicted molar refractivity (Wildman–Crippen MR) is 109 cm³/mol. The first kappa shape index (κ1) is 20.1. The van der Waals surface area contributed by atoms with Gasteiger partial charge in [-0.15, -0.1) is 0 Å². The molecule has 2 N–H and O–H groups in total. The molecule has 9 nitrogen and oxygen atoms in total. The van der Waals surface area contributed by atoms with Crippen molar-refractivity contribution < 1.29 is 28.8 Å². The third kappa shape index (κ3) is 4.25. The number of aromatic carboxylic acids is 1. The van der Waals surface area contributed by atoms with Crippen molar-refractivity contribution in [3.63, 3.8) is 0 Å². The highest BCUT2D eigenvalue weighted by Crippen LogP contribution is 2.31. The van der Waals surface area contributed by atoms with Crippen molar-refractivity contribution in [1.82, 2.24) is 10.5 Å². The maximum absolute atomic E-state index is 12.8. The number of fused-ring (bicyclic) bond motifs is 1. The standard InChI is InChI=1S/C22H19N3O6/c1-25-18-10-14(22(28)29)7-8-19(18)30-12-17(21(25)27)23-20(26)16-11-15(31-24-16)9-13-5-3-2-4-6-13/h2-8,10-11,17H,9,12H2,1H3,(H,23,26)(H,28,29)/t17-/m1/s1. The molecule has 1 aliphatic heterocycles. The zero-order valence-corrected chi connectivity index (χ0v) is 16.6. The number of carbonyl (C=O) groups excluding carboxylic acids is 2. The Bertz CT molecular complexity index is 1140. The molecule has 158 valence electrons. The van der Waals surface area contributed by atoms with Crippen LogP contribution in [0.2, 0.25) is 0 Å². The molecule has 0 aliphatic carbocycles. The molecule has 0 radical (unpaired) electrons. The highest BCUT2D eigenvalue weighted by molar-refractivity contribution is 6.03. The van der Waals surface area contributed by atoms with Crippen molar-refractivity contribution in [1.29, 1.82) is 0 Å². The van der Waals surface area contributed by atoms with Crippen LogP contribution in [0.4, 0.5) is 5.69 Å². The fourth-order valence-electron chi connectivity index (χ4n) is 3.27. The molecule has 9 heteroatoms. The summed E-state index contributed by atoms with van der Waals surface area (Å²) in [7, 11) is 1.49. The van der Waals surface area contributed by atoms with E-state index in [0.29, 0.717) is 23.6 Å². The van der Waals surface area contributed by atoms with E-state index in [4.69, 9.17) is 9.26 Å². The first-order valence-electron chi connectivity index (χ1n) is 9.50. The summed E-state index contributed by atoms with van der Waals surface area (Å²) in [5.41, 5.74) is 1.40. The van der Waals surface area contributed by atoms with Gasteiger partial charge in [0.2, 0.25) is 0 Å². The van der Waals surface area contributed by atoms with Gasteiger partial charge in [0.15, 0.2) is 5.69 Å². The normalized spacial score (nSPS) is 15.6. The third-order valence-electron chi connectivity index (χ3n) is 4.92. The number of anilines is 1. The Morgan fingerprint density at radius 2 is 1.97 bits per heavy atom. The average Bonchev–Trinajstić information content (AvgIpc) is 3.20. The summed E-state index contributed by atoms with van der Waals surface area (Å²) >= 11 is 0. The first-order valence-corrected chi connectivity index (χ1v) is 9.50. The summed E-state index contributed by atoms with van der Waals surface area (Å²) in [6.45, 7) is -0.108. The second-order valence-corrected chi connectivity index (χ2v) is 7.06. The van der Waals surface area contributed by atoms with Crippen LogP contribution in [0.5, 0.6) is 5.75 Å². The number of hydrogen-bond acceptors (Lipinski definition) is 6. The lowest BCUT2D eigenvalue weighted by Crippen LogP contribution is -2.49. The molecule has 1 atom stereocenters. The Labute approximate surface area is 177 Å². The van der Waals surface area contributed by atoms with Gasteiger partial charge in [-0.25, -0.2) is 4.79 Å². The zero-order valence-electron chi connectivity index (χ0n) is 16.6. The highest BCUT2D eigenvalue weighted by Gasteiger charge is 2.32. The van der Waals surface area contributed by atoms with Crippen molar-refractivity contribution in [3.05, 3.63) is 77.2 Å². The minimum Gasteiger partial charge on any atom is -0.489 e. The largest absolute Gasteiger partial charge is 0.489 e. The minimum atomic E-state index is -1.12. The lowest BCUT2D eigenvalue weighted by Gasteiger charge is -2.20. The topological polar surface area (TPSA) is 122 Å². The summed E-state index contributed by atoms with van der Waals surface area (Å²) in [4.78, 5) is 38.0. The van der Waals surface area contributed by atoms with Crippen molar-refractivity contribution in [2.24, 2.45) is 0 Å². The molecule has 0 fully saturated rings. The van der Waals surface area contributed by atoms with Gasteiger partial charge in [0.1, 0.15) is 24.2 Å². The molecule has 1 aromatic heterocycles. The van der Waals surface area contributed by atoms with Crippen LogP contribution in [0, 0.1) is 0 Å². The third-order valence-corrected chi connectivity index (χ3v) is 4.92. The number of carboxylic acid groups (broad SMARTS) is 1. The fraction of sp³-hybridized carbons (Fsp3) is 0.182. The van der Waals surface area contributed by atoms with Gasteiger partial charge in [0.25, 0.3) is 11.8 Å². The fourth-order valence-corrected chi connectivity index (χ4v) is 3.27. The van der Waals surface area contributed by atoms with E-state index in [0.717, 1.165) is 5.56 Å². The number of aromatic nitrogens is 1. The van der Waals surface area contributed by atoms with E-state index in [1.54, 1.807) is 0 Å². The quantitative estimate of drug-likeness (QED) is 0.647. The van der Waals surface area contributed by atoms with E-state index in [-0.39, 0.29) is 17.9 Å². The van der Waals surface area contributed by atoms with Crippen LogP contribution in [-0.4, -0.2) is 47.7 Å². The van der Waals surface area contributed by atoms with Crippen LogP contribution in [0.3, 0.4) is 0 Å². The van der Waals surface area contributed by atoms with Crippen molar-refractivity contribution in [2.45, 2.75) is 12.5 Å². The maximum atomic E-state index is 12.8. The van der Waals surface area contributed by atoms with Gasteiger partial charge >= 0.3 is 5.97 Å². The number of carboxylic acids is 1. The summed E-state index contributed by atoms with van der Waals surface area (Å²) in [6, 6.07) is 14.4. The molecular formula is C22H19N3O6. The number of likely N-dealkylation sites (N-methyl/N-ethyl adjacent to an activating group) is 1. The number of benzene rings is 2. The van der Waals surface area contributed by atoms with E-state index in [9.17, 15) is 19.5 Å². The minimum absolute atomic E-state index is 0.0260. The maximum Gasteiger partial charge on any atom is 0.335 e. The van der Waals surface area contributed by atoms with Crippen LogP contribution in [0.25, 0.3) is 0 Å². The van der Waals surface area contributed by atoms with Gasteiger partial charge in [-0.3, -0.25) is 9.59 Å². The summed E-state index contributed by atoms with van der Waals surface area (Å²) < 4.78 is 10.9. The molecule has 0 unspecified atom stereocenters. The van der Waals surface area contributed by atoms with Crippen LogP contribution >= 0.6 is 0 Å². The Kier molecular flexibility index (Phi) is 5.40. The molecule has 2 amide bonds. The molecule has 3 aromatic rings. The first-order chi connectivity index (χ1) is 14.9. The van der Waals surface area contributed by atoms with Gasteiger partial charge < -0.3 is 24.6 Å². The smallest absolute Gasteiger partial charge is 0.335 e. The molecular weight excluding hydrogens is 402 g/mol. The number of nitrogens with zero attached hydrogens (tertiary/aromatic N) is 2. The van der Waals surface area contributed by atoms with Gasteiger partial charge in [-0.1, -0.05) is 35.5 Å². The lowest BCUT2D eigenvalue weighted by molar-refractivity contribution is -0.120. The van der Waals surface area contributed by atoms with Crippen LogP contribution in [0.15, 0.2) is 59.1 Å². The van der Waals surface area contributed by atoms with Crippen LogP contribution < -0.4 is 15.0 Å². The average molecular weight is 421 g/mol. The number of hydrogen-bond donors (Lipinski definition) is 2. The van der Waals surface area contributed by atoms with E-state index in [1.807, 2.05) is 30.3 Å². The number of amides is 2. The van der Waals surface area contributed by atoms with Crippen molar-refractivity contribution in [2.75, 3.05) is 18.6 Å². The number of carbonyl (C=O) groups is 3. The molecule has 0 bridgehead atoms. The van der Waals surface area contributed by atoms with E-state index < -0.39 is 23.8 Å². The van der Waals surface area contributed by atoms with Crippen molar-refractivity contribution >= 4 is 23.5 Å². The van der Waals surface area contributed by atoms with Crippen LogP contribution in [-0.2, 0) is 11.2 Å². The molecule has 0 spiro atoms. The molecule has 2 aromatic carbocycles. The molecule has 4 rings (SSSR count). The molecule has 31 heavy (non-hydrogen) atoms. The number of rotatable bonds is 5. The molecule has 1 aliphatic rings. The van der Waals surface area contributed by atoms with Crippen molar-refractivity contribution in [3.8, 4) is 5.75 Å². The van der Waals surface area contributed by atoms with E-state index in [1.165, 1.54) is 36.2 Å². The van der Waals surface area contributed by atoms with Gasteiger partial charge in [-0.2, -0.15) is 0 Å². The number of ether oxygens (including phenoxy) is 1. The Morgan fingerprint density at radius 3 is 2.71 bits per heavy atom. The summed E-state index contributed by atoms with van der Waals surface area (Å²) in [6.07, 6.45) is 0.483. The summed E-state index contributed by atoms with van der Waals surface area (Å²) in [5.74, 6) is -1.26. The zero-order chi connectivity index (χ0) is 22.0. The van der Waals surface area contributed by atoms with E-state index >= 15 is 0 Å². The Hall–Kier alpha value is -4.14. The second-order valence-electron chi connectivity index (χ2n) is 7.06. The van der Waals surface area contributed by atoms with Gasteiger partial charge in [0.05, 0.1) is 11.3 Å². The van der Waals surface area contributed by atoms with Crippen LogP contribution in [0.1, 0.15) is 32.2 Å². The molecule has 0 saturated carbocycles. The Morgan fingerprint density at radius 1 is 1.19 bits per heavy atom. The second kappa shape index (κ2) is 8.31.